The molecule has 2 atom stereocenters. The number of benzene rings is 1. The van der Waals surface area contributed by atoms with Crippen molar-refractivity contribution in [3.8, 4) is 0 Å². The molecule has 1 saturated carbocycles. The molecule has 13 heteroatoms. The highest BCUT2D eigenvalue weighted by Crippen LogP contribution is 2.49. The fourth-order valence-electron chi connectivity index (χ4n) is 5.41. The van der Waals surface area contributed by atoms with E-state index in [0.29, 0.717) is 36.0 Å². The molecule has 0 spiro atoms. The van der Waals surface area contributed by atoms with E-state index in [-0.39, 0.29) is 23.6 Å². The monoisotopic (exact) mass is 589 g/mol. The first-order chi connectivity index (χ1) is 19.9. The number of aliphatic imine (C=N–C) groups is 1. The average molecular weight is 590 g/mol. The molecule has 2 aliphatic heterocycles. The van der Waals surface area contributed by atoms with Gasteiger partial charge in [0.1, 0.15) is 17.4 Å². The van der Waals surface area contributed by atoms with E-state index < -0.39 is 29.5 Å². The number of anilines is 1. The van der Waals surface area contributed by atoms with Crippen LogP contribution >= 0.6 is 0 Å². The first-order valence-electron chi connectivity index (χ1n) is 13.7. The quantitative estimate of drug-likeness (QED) is 0.379. The Morgan fingerprint density at radius 1 is 1.14 bits per heavy atom. The lowest BCUT2D eigenvalue weighted by Crippen LogP contribution is -2.39. The van der Waals surface area contributed by atoms with Crippen molar-refractivity contribution < 1.29 is 26.7 Å². The predicted octanol–water partition coefficient (Wildman–Crippen LogP) is 4.88. The Balaban J connectivity index is 1.23. The van der Waals surface area contributed by atoms with Gasteiger partial charge in [-0.15, -0.1) is 0 Å². The molecule has 1 aromatic heterocycles. The Morgan fingerprint density at radius 2 is 1.86 bits per heavy atom. The van der Waals surface area contributed by atoms with Crippen molar-refractivity contribution in [2.75, 3.05) is 31.5 Å². The topological polar surface area (TPSA) is 113 Å². The number of amidine groups is 1. The summed E-state index contributed by atoms with van der Waals surface area (Å²) in [5.41, 5.74) is 13.5. The van der Waals surface area contributed by atoms with Crippen LogP contribution < -0.4 is 16.8 Å². The van der Waals surface area contributed by atoms with Crippen LogP contribution in [0.1, 0.15) is 47.2 Å². The molecule has 224 valence electrons. The molecule has 8 nitrogen and oxygen atoms in total. The molecular formula is C29H32F5N7O. The molecule has 1 aliphatic carbocycles. The maximum Gasteiger partial charge on any atom is 0.416 e. The van der Waals surface area contributed by atoms with Crippen LogP contribution in [0.2, 0.25) is 0 Å². The van der Waals surface area contributed by atoms with Gasteiger partial charge in [-0.1, -0.05) is 12.1 Å². The minimum absolute atomic E-state index is 0.0164. The summed E-state index contributed by atoms with van der Waals surface area (Å²) in [4.78, 5) is 24.7. The maximum absolute atomic E-state index is 13.4. The van der Waals surface area contributed by atoms with Crippen LogP contribution in [-0.4, -0.2) is 58.6 Å². The van der Waals surface area contributed by atoms with Gasteiger partial charge in [-0.3, -0.25) is 4.79 Å². The number of hydrogen-bond acceptors (Lipinski definition) is 7. The number of pyridine rings is 1. The third kappa shape index (κ3) is 6.89. The van der Waals surface area contributed by atoms with Gasteiger partial charge >= 0.3 is 6.18 Å². The van der Waals surface area contributed by atoms with Gasteiger partial charge in [0.25, 0.3) is 11.8 Å². The zero-order valence-corrected chi connectivity index (χ0v) is 22.7. The van der Waals surface area contributed by atoms with Crippen molar-refractivity contribution >= 4 is 23.3 Å². The van der Waals surface area contributed by atoms with Gasteiger partial charge in [-0.2, -0.15) is 13.2 Å². The summed E-state index contributed by atoms with van der Waals surface area (Å²) in [5, 5.41) is 2.38. The number of hydrogen-bond donors (Lipinski definition) is 3. The Hall–Kier alpha value is -4.00. The first-order valence-corrected chi connectivity index (χ1v) is 13.7. The van der Waals surface area contributed by atoms with Crippen molar-refractivity contribution in [1.82, 2.24) is 14.8 Å². The van der Waals surface area contributed by atoms with E-state index in [1.807, 2.05) is 4.90 Å². The molecule has 1 saturated heterocycles. The van der Waals surface area contributed by atoms with Crippen molar-refractivity contribution in [3.05, 3.63) is 77.4 Å². The number of aromatic nitrogens is 1. The van der Waals surface area contributed by atoms with Gasteiger partial charge < -0.3 is 26.6 Å². The second kappa shape index (κ2) is 11.7. The highest BCUT2D eigenvalue weighted by Gasteiger charge is 2.57. The Kier molecular flexibility index (Phi) is 8.22. The summed E-state index contributed by atoms with van der Waals surface area (Å²) in [5.74, 6) is -3.31. The highest BCUT2D eigenvalue weighted by atomic mass is 19.4. The number of rotatable bonds is 8. The second-order valence-corrected chi connectivity index (χ2v) is 10.9. The third-order valence-corrected chi connectivity index (χ3v) is 7.85. The van der Waals surface area contributed by atoms with E-state index in [4.69, 9.17) is 11.5 Å². The molecule has 0 radical (unpaired) electrons. The van der Waals surface area contributed by atoms with Gasteiger partial charge in [-0.25, -0.2) is 18.8 Å². The van der Waals surface area contributed by atoms with E-state index in [9.17, 15) is 26.7 Å². The number of likely N-dealkylation sites (tertiary alicyclic amines) is 1. The lowest BCUT2D eigenvalue weighted by Gasteiger charge is -2.34. The lowest BCUT2D eigenvalue weighted by atomic mass is 9.94. The Bertz CT molecular complexity index is 1400. The Labute approximate surface area is 240 Å². The summed E-state index contributed by atoms with van der Waals surface area (Å²) in [6, 6.07) is 7.82. The SMILES string of the molecule is NC1=NC=CN(CC[C@@H]2CCCN(CC3CC3(F)F)C2)/C1=C(\N)c1ccc(C(=O)Nc2cc(C(F)(F)F)ccn2)cc1. The molecule has 1 aromatic carbocycles. The largest absolute Gasteiger partial charge is 0.416 e. The van der Waals surface area contributed by atoms with Crippen molar-refractivity contribution in [1.29, 1.82) is 0 Å². The fraction of sp³-hybridized carbons (Fsp3) is 0.414. The van der Waals surface area contributed by atoms with E-state index in [1.54, 1.807) is 24.5 Å². The number of carbonyl (C=O) groups is 1. The van der Waals surface area contributed by atoms with Gasteiger partial charge in [0, 0.05) is 56.1 Å². The van der Waals surface area contributed by atoms with Crippen LogP contribution in [0.15, 0.2) is 65.7 Å². The smallest absolute Gasteiger partial charge is 0.396 e. The van der Waals surface area contributed by atoms with Crippen LogP contribution in [0.5, 0.6) is 0 Å². The van der Waals surface area contributed by atoms with E-state index in [2.05, 4.69) is 20.2 Å². The molecule has 5 N–H and O–H groups in total. The summed E-state index contributed by atoms with van der Waals surface area (Å²) in [6.07, 6.45) is 2.58. The first kappa shape index (κ1) is 29.5. The Morgan fingerprint density at radius 3 is 2.55 bits per heavy atom. The molecular weight excluding hydrogens is 557 g/mol. The van der Waals surface area contributed by atoms with E-state index in [0.717, 1.165) is 50.7 Å². The molecule has 1 unspecified atom stereocenters. The third-order valence-electron chi connectivity index (χ3n) is 7.85. The van der Waals surface area contributed by atoms with Crippen molar-refractivity contribution in [3.63, 3.8) is 0 Å². The molecule has 3 aliphatic rings. The molecule has 2 fully saturated rings. The highest BCUT2D eigenvalue weighted by molar-refractivity contribution is 6.05. The van der Waals surface area contributed by atoms with Crippen LogP contribution in [0.4, 0.5) is 27.8 Å². The van der Waals surface area contributed by atoms with Gasteiger partial charge in [0.2, 0.25) is 0 Å². The van der Waals surface area contributed by atoms with Crippen molar-refractivity contribution in [2.45, 2.75) is 37.8 Å². The number of nitrogens with one attached hydrogen (secondary N) is 1. The number of carbonyl (C=O) groups excluding carboxylic acids is 1. The minimum atomic E-state index is -4.56. The molecule has 0 bridgehead atoms. The van der Waals surface area contributed by atoms with Gasteiger partial charge in [0.05, 0.1) is 11.3 Å². The van der Waals surface area contributed by atoms with Gasteiger partial charge in [-0.05, 0) is 61.6 Å². The van der Waals surface area contributed by atoms with Crippen molar-refractivity contribution in [2.24, 2.45) is 28.3 Å². The molecule has 2 aromatic rings. The standard InChI is InChI=1S/C29H32F5N7O/c30-28(31)15-22(28)17-40-11-1-2-18(16-40)8-12-41-13-10-38-26(36)25(41)24(35)19-3-5-20(6-4-19)27(42)39-23-14-21(7-9-37-23)29(32,33)34/h3-7,9-10,13-14,18,22H,1-2,8,11-12,15-17,35H2,(H2,36,38)(H,37,39,42)/b25-24-/t18-,22?/m0/s1. The summed E-state index contributed by atoms with van der Waals surface area (Å²) < 4.78 is 65.7. The summed E-state index contributed by atoms with van der Waals surface area (Å²) in [7, 11) is 0. The number of halogens is 5. The molecule has 42 heavy (non-hydrogen) atoms. The molecule has 3 heterocycles. The zero-order chi connectivity index (χ0) is 30.1. The maximum atomic E-state index is 13.4. The van der Waals surface area contributed by atoms with Crippen LogP contribution in [0.25, 0.3) is 5.70 Å². The molecule has 5 rings (SSSR count). The average Bonchev–Trinajstić information content (AvgIpc) is 3.56. The lowest BCUT2D eigenvalue weighted by molar-refractivity contribution is -0.137. The van der Waals surface area contributed by atoms with Crippen LogP contribution in [-0.2, 0) is 6.18 Å². The van der Waals surface area contributed by atoms with E-state index in [1.165, 1.54) is 12.1 Å². The van der Waals surface area contributed by atoms with Crippen LogP contribution in [0.3, 0.4) is 0 Å². The number of nitrogens with zero attached hydrogens (tertiary/aromatic N) is 4. The summed E-state index contributed by atoms with van der Waals surface area (Å²) >= 11 is 0. The van der Waals surface area contributed by atoms with Gasteiger partial charge in [0.15, 0.2) is 0 Å². The minimum Gasteiger partial charge on any atom is -0.396 e. The fourth-order valence-corrected chi connectivity index (χ4v) is 5.41. The second-order valence-electron chi connectivity index (χ2n) is 10.9. The summed E-state index contributed by atoms with van der Waals surface area (Å²) in [6.45, 7) is 2.66. The number of piperidine rings is 1. The zero-order valence-electron chi connectivity index (χ0n) is 22.7. The molecule has 1 amide bonds. The predicted molar refractivity (Wildman–Crippen MR) is 149 cm³/mol. The number of alkyl halides is 5. The number of amides is 1. The van der Waals surface area contributed by atoms with Crippen LogP contribution in [0, 0.1) is 11.8 Å². The van der Waals surface area contributed by atoms with E-state index >= 15 is 0 Å². The normalized spacial score (nSPS) is 23.4. The number of nitrogens with two attached hydrogens (primary N) is 2.